The predicted molar refractivity (Wildman–Crippen MR) is 86.6 cm³/mol. The molecule has 0 saturated heterocycles. The topological polar surface area (TPSA) is 61.4 Å². The Morgan fingerprint density at radius 1 is 1.17 bits per heavy atom. The quantitative estimate of drug-likeness (QED) is 0.680. The monoisotopic (exact) mass is 311 g/mol. The van der Waals surface area contributed by atoms with Crippen LogP contribution >= 0.6 is 0 Å². The van der Waals surface area contributed by atoms with Crippen LogP contribution in [0.3, 0.4) is 0 Å². The van der Waals surface area contributed by atoms with Gasteiger partial charge >= 0.3 is 11.7 Å². The van der Waals surface area contributed by atoms with Gasteiger partial charge in [0.2, 0.25) is 0 Å². The normalized spacial score (nSPS) is 10.8. The first kappa shape index (κ1) is 15.1. The van der Waals surface area contributed by atoms with Crippen LogP contribution in [0.15, 0.2) is 57.7 Å². The molecule has 3 rings (SSSR count). The average molecular weight is 311 g/mol. The number of fused-ring (bicyclic) bond motifs is 1. The molecule has 23 heavy (non-hydrogen) atoms. The van der Waals surface area contributed by atoms with E-state index in [1.165, 1.54) is 18.7 Å². The second kappa shape index (κ2) is 6.52. The fraction of sp³-hybridized carbons (Fsp3) is 0.222. The van der Waals surface area contributed by atoms with Crippen molar-refractivity contribution in [3.05, 3.63) is 70.2 Å². The van der Waals surface area contributed by atoms with Gasteiger partial charge < -0.3 is 9.15 Å². The Morgan fingerprint density at radius 2 is 1.96 bits per heavy atom. The van der Waals surface area contributed by atoms with Gasteiger partial charge in [-0.3, -0.25) is 4.57 Å². The highest BCUT2D eigenvalue weighted by atomic mass is 16.5. The minimum atomic E-state index is -0.452. The highest BCUT2D eigenvalue weighted by Crippen LogP contribution is 2.16. The number of carbonyl (C=O) groups excluding carboxylic acids is 1. The smallest absolute Gasteiger partial charge is 0.419 e. The van der Waals surface area contributed by atoms with Crippen molar-refractivity contribution in [2.45, 2.75) is 19.4 Å². The van der Waals surface area contributed by atoms with Gasteiger partial charge in [-0.1, -0.05) is 30.3 Å². The summed E-state index contributed by atoms with van der Waals surface area (Å²) in [6.45, 7) is 0.568. The van der Waals surface area contributed by atoms with Crippen molar-refractivity contribution in [1.82, 2.24) is 4.57 Å². The number of hydrogen-bond donors (Lipinski definition) is 0. The Morgan fingerprint density at radius 3 is 2.70 bits per heavy atom. The highest BCUT2D eigenvalue weighted by Gasteiger charge is 2.12. The highest BCUT2D eigenvalue weighted by molar-refractivity contribution is 5.93. The lowest BCUT2D eigenvalue weighted by molar-refractivity contribution is 0.0601. The maximum atomic E-state index is 12.0. The molecule has 0 N–H and O–H groups in total. The number of hydrogen-bond acceptors (Lipinski definition) is 4. The zero-order chi connectivity index (χ0) is 16.2. The molecule has 0 fully saturated rings. The van der Waals surface area contributed by atoms with Crippen molar-refractivity contribution in [3.8, 4) is 0 Å². The van der Waals surface area contributed by atoms with Gasteiger partial charge in [0.05, 0.1) is 18.2 Å². The van der Waals surface area contributed by atoms with Gasteiger partial charge in [0.15, 0.2) is 5.58 Å². The van der Waals surface area contributed by atoms with Crippen LogP contribution in [0.25, 0.3) is 11.1 Å². The molecule has 2 aromatic carbocycles. The molecular weight excluding hydrogens is 294 g/mol. The van der Waals surface area contributed by atoms with Crippen LogP contribution in [0.4, 0.5) is 0 Å². The van der Waals surface area contributed by atoms with Crippen molar-refractivity contribution >= 4 is 17.1 Å². The Balaban J connectivity index is 1.79. The molecule has 1 aromatic heterocycles. The molecular formula is C18H17NO4. The Hall–Kier alpha value is -2.82. The van der Waals surface area contributed by atoms with E-state index in [0.717, 1.165) is 12.8 Å². The van der Waals surface area contributed by atoms with Gasteiger partial charge in [-0.25, -0.2) is 9.59 Å². The number of ether oxygens (including phenoxy) is 1. The van der Waals surface area contributed by atoms with Gasteiger partial charge in [-0.2, -0.15) is 0 Å². The number of methoxy groups -OCH3 is 1. The first-order valence-corrected chi connectivity index (χ1v) is 7.44. The van der Waals surface area contributed by atoms with E-state index >= 15 is 0 Å². The molecule has 5 nitrogen and oxygen atoms in total. The second-order valence-electron chi connectivity index (χ2n) is 5.28. The summed E-state index contributed by atoms with van der Waals surface area (Å²) >= 11 is 0. The zero-order valence-corrected chi connectivity index (χ0v) is 12.8. The van der Waals surface area contributed by atoms with E-state index in [1.807, 2.05) is 18.2 Å². The molecule has 0 saturated carbocycles. The van der Waals surface area contributed by atoms with Crippen molar-refractivity contribution in [3.63, 3.8) is 0 Å². The molecule has 0 aliphatic heterocycles. The molecule has 3 aromatic rings. The molecule has 0 bridgehead atoms. The minimum Gasteiger partial charge on any atom is -0.465 e. The van der Waals surface area contributed by atoms with Crippen molar-refractivity contribution in [1.29, 1.82) is 0 Å². The number of aromatic nitrogens is 1. The first-order valence-electron chi connectivity index (χ1n) is 7.44. The Kier molecular flexibility index (Phi) is 4.28. The summed E-state index contributed by atoms with van der Waals surface area (Å²) < 4.78 is 11.5. The van der Waals surface area contributed by atoms with Crippen molar-refractivity contribution in [2.75, 3.05) is 7.11 Å². The van der Waals surface area contributed by atoms with Crippen LogP contribution in [0, 0.1) is 0 Å². The lowest BCUT2D eigenvalue weighted by Crippen LogP contribution is -2.14. The maximum Gasteiger partial charge on any atom is 0.419 e. The van der Waals surface area contributed by atoms with E-state index in [0.29, 0.717) is 23.2 Å². The van der Waals surface area contributed by atoms with E-state index in [-0.39, 0.29) is 0 Å². The molecule has 0 radical (unpaired) electrons. The standard InChI is InChI=1S/C18H17NO4/c1-22-17(20)14-9-10-15-16(12-14)23-18(21)19(15)11-5-8-13-6-3-2-4-7-13/h2-4,6-7,9-10,12H,5,8,11H2,1H3. The fourth-order valence-electron chi connectivity index (χ4n) is 2.61. The summed E-state index contributed by atoms with van der Waals surface area (Å²) in [5.41, 5.74) is 2.69. The molecule has 0 aliphatic carbocycles. The first-order chi connectivity index (χ1) is 11.2. The summed E-state index contributed by atoms with van der Waals surface area (Å²) in [6, 6.07) is 15.0. The third-order valence-corrected chi connectivity index (χ3v) is 3.78. The van der Waals surface area contributed by atoms with Gasteiger partial charge in [0.1, 0.15) is 0 Å². The summed E-state index contributed by atoms with van der Waals surface area (Å²) in [5, 5.41) is 0. The van der Waals surface area contributed by atoms with E-state index in [2.05, 4.69) is 16.9 Å². The van der Waals surface area contributed by atoms with Gasteiger partial charge in [0.25, 0.3) is 0 Å². The number of nitrogens with zero attached hydrogens (tertiary/aromatic N) is 1. The molecule has 0 aliphatic rings. The second-order valence-corrected chi connectivity index (χ2v) is 5.28. The number of carbonyl (C=O) groups is 1. The summed E-state index contributed by atoms with van der Waals surface area (Å²) in [7, 11) is 1.32. The number of oxazole rings is 1. The number of aryl methyl sites for hydroxylation is 2. The molecule has 118 valence electrons. The molecule has 0 spiro atoms. The van der Waals surface area contributed by atoms with Gasteiger partial charge in [0, 0.05) is 6.54 Å². The Bertz CT molecular complexity index is 877. The maximum absolute atomic E-state index is 12.0. The van der Waals surface area contributed by atoms with E-state index in [1.54, 1.807) is 16.7 Å². The molecule has 5 heteroatoms. The minimum absolute atomic E-state index is 0.366. The fourth-order valence-corrected chi connectivity index (χ4v) is 2.61. The Labute approximate surface area is 133 Å². The van der Waals surface area contributed by atoms with Crippen molar-refractivity contribution in [2.24, 2.45) is 0 Å². The molecule has 0 atom stereocenters. The van der Waals surface area contributed by atoms with E-state index in [9.17, 15) is 9.59 Å². The van der Waals surface area contributed by atoms with Crippen LogP contribution in [0.1, 0.15) is 22.3 Å². The summed E-state index contributed by atoms with van der Waals surface area (Å²) in [5.74, 6) is -0.860. The average Bonchev–Trinajstić information content (AvgIpc) is 2.90. The number of rotatable bonds is 5. The summed E-state index contributed by atoms with van der Waals surface area (Å²) in [4.78, 5) is 23.5. The van der Waals surface area contributed by atoms with Crippen LogP contribution in [0.5, 0.6) is 0 Å². The third kappa shape index (κ3) is 3.18. The van der Waals surface area contributed by atoms with E-state index in [4.69, 9.17) is 4.42 Å². The zero-order valence-electron chi connectivity index (χ0n) is 12.8. The third-order valence-electron chi connectivity index (χ3n) is 3.78. The molecule has 0 amide bonds. The number of esters is 1. The molecule has 0 unspecified atom stereocenters. The van der Waals surface area contributed by atoms with Gasteiger partial charge in [-0.05, 0) is 36.6 Å². The van der Waals surface area contributed by atoms with Crippen LogP contribution in [-0.2, 0) is 17.7 Å². The largest absolute Gasteiger partial charge is 0.465 e. The van der Waals surface area contributed by atoms with Crippen LogP contribution in [-0.4, -0.2) is 17.6 Å². The van der Waals surface area contributed by atoms with Crippen molar-refractivity contribution < 1.29 is 13.9 Å². The van der Waals surface area contributed by atoms with E-state index < -0.39 is 11.7 Å². The van der Waals surface area contributed by atoms with Crippen LogP contribution in [0.2, 0.25) is 0 Å². The van der Waals surface area contributed by atoms with Crippen LogP contribution < -0.4 is 5.76 Å². The predicted octanol–water partition coefficient (Wildman–Crippen LogP) is 3.01. The summed E-state index contributed by atoms with van der Waals surface area (Å²) in [6.07, 6.45) is 1.72. The van der Waals surface area contributed by atoms with Gasteiger partial charge in [-0.15, -0.1) is 0 Å². The molecule has 1 heterocycles. The lowest BCUT2D eigenvalue weighted by Gasteiger charge is -2.03. The SMILES string of the molecule is COC(=O)c1ccc2c(c1)oc(=O)n2CCCc1ccccc1. The number of benzene rings is 2. The lowest BCUT2D eigenvalue weighted by atomic mass is 10.1.